The van der Waals surface area contributed by atoms with Crippen LogP contribution in [0.1, 0.15) is 25.3 Å². The lowest BCUT2D eigenvalue weighted by Gasteiger charge is -2.34. The molecule has 23 heavy (non-hydrogen) atoms. The van der Waals surface area contributed by atoms with Gasteiger partial charge in [0.05, 0.1) is 16.7 Å². The number of likely N-dealkylation sites (tertiary alicyclic amines) is 1. The van der Waals surface area contributed by atoms with Crippen LogP contribution in [0, 0.1) is 5.92 Å². The first kappa shape index (κ1) is 16.9. The number of amides is 1. The van der Waals surface area contributed by atoms with Crippen molar-refractivity contribution in [3.8, 4) is 0 Å². The van der Waals surface area contributed by atoms with E-state index in [1.807, 2.05) is 36.1 Å². The summed E-state index contributed by atoms with van der Waals surface area (Å²) in [6, 6.07) is 10.1. The van der Waals surface area contributed by atoms with Crippen LogP contribution in [0.4, 0.5) is 0 Å². The summed E-state index contributed by atoms with van der Waals surface area (Å²) in [5.41, 5.74) is 1.13. The lowest BCUT2D eigenvalue weighted by atomic mass is 10.0. The summed E-state index contributed by atoms with van der Waals surface area (Å²) in [7, 11) is 0. The molecule has 5 heteroatoms. The second-order valence-corrected chi connectivity index (χ2v) is 7.81. The highest BCUT2D eigenvalue weighted by Gasteiger charge is 2.36. The lowest BCUT2D eigenvalue weighted by Crippen LogP contribution is -2.46. The van der Waals surface area contributed by atoms with Gasteiger partial charge in [-0.3, -0.25) is 4.79 Å². The number of alkyl halides is 1. The Kier molecular flexibility index (Phi) is 5.67. The standard InChI is InChI=1S/C18H22ClNO2S/c1-2-22-14-9-6-10-20(12-14)18(21)15-11-16(23-17(15)19)13-7-4-3-5-8-13/h3-5,7-8,11,14-15,17H,2,6,9-10,12H2,1H3. The summed E-state index contributed by atoms with van der Waals surface area (Å²) in [5, 5.41) is 0. The molecule has 124 valence electrons. The minimum atomic E-state index is -0.253. The predicted octanol–water partition coefficient (Wildman–Crippen LogP) is 3.98. The van der Waals surface area contributed by atoms with Crippen LogP contribution in [0.25, 0.3) is 4.91 Å². The van der Waals surface area contributed by atoms with Gasteiger partial charge in [-0.25, -0.2) is 0 Å². The molecule has 0 aliphatic carbocycles. The van der Waals surface area contributed by atoms with E-state index >= 15 is 0 Å². The molecule has 0 spiro atoms. The number of rotatable bonds is 4. The van der Waals surface area contributed by atoms with E-state index in [1.54, 1.807) is 11.8 Å². The van der Waals surface area contributed by atoms with Crippen LogP contribution in [-0.2, 0) is 9.53 Å². The molecule has 3 atom stereocenters. The van der Waals surface area contributed by atoms with Crippen LogP contribution in [0.15, 0.2) is 36.4 Å². The van der Waals surface area contributed by atoms with Gasteiger partial charge in [0.15, 0.2) is 0 Å². The zero-order chi connectivity index (χ0) is 16.2. The molecule has 2 aliphatic rings. The Hall–Kier alpha value is -0.970. The molecular formula is C18H22ClNO2S. The zero-order valence-corrected chi connectivity index (χ0v) is 14.9. The van der Waals surface area contributed by atoms with E-state index in [2.05, 4.69) is 12.1 Å². The molecule has 2 heterocycles. The Bertz CT molecular complexity index is 576. The van der Waals surface area contributed by atoms with Crippen molar-refractivity contribution in [3.63, 3.8) is 0 Å². The van der Waals surface area contributed by atoms with Gasteiger partial charge in [-0.05, 0) is 25.3 Å². The smallest absolute Gasteiger partial charge is 0.232 e. The van der Waals surface area contributed by atoms with E-state index in [9.17, 15) is 4.79 Å². The van der Waals surface area contributed by atoms with E-state index in [0.29, 0.717) is 13.2 Å². The third kappa shape index (κ3) is 3.93. The fourth-order valence-electron chi connectivity index (χ4n) is 3.14. The highest BCUT2D eigenvalue weighted by atomic mass is 35.5. The number of carbonyl (C=O) groups excluding carboxylic acids is 1. The maximum atomic E-state index is 12.9. The fraction of sp³-hybridized carbons (Fsp3) is 0.500. The van der Waals surface area contributed by atoms with Crippen molar-refractivity contribution in [2.24, 2.45) is 5.92 Å². The molecule has 0 N–H and O–H groups in total. The summed E-state index contributed by atoms with van der Waals surface area (Å²) in [6.07, 6.45) is 4.23. The third-order valence-corrected chi connectivity index (χ3v) is 5.97. The third-order valence-electron chi connectivity index (χ3n) is 4.29. The average molecular weight is 352 g/mol. The van der Waals surface area contributed by atoms with Crippen LogP contribution in [-0.4, -0.2) is 41.3 Å². The lowest BCUT2D eigenvalue weighted by molar-refractivity contribution is -0.137. The van der Waals surface area contributed by atoms with Gasteiger partial charge in [0.2, 0.25) is 5.91 Å². The summed E-state index contributed by atoms with van der Waals surface area (Å²) < 4.78 is 5.46. The van der Waals surface area contributed by atoms with Crippen molar-refractivity contribution in [1.29, 1.82) is 0 Å². The quantitative estimate of drug-likeness (QED) is 0.768. The zero-order valence-electron chi connectivity index (χ0n) is 13.3. The average Bonchev–Trinajstić information content (AvgIpc) is 2.97. The number of thioether (sulfide) groups is 1. The normalized spacial score (nSPS) is 27.8. The van der Waals surface area contributed by atoms with Gasteiger partial charge in [-0.2, -0.15) is 0 Å². The SMILES string of the molecule is CCOC1CCCN(C(=O)C2C=C(c3ccccc3)SC2Cl)C1. The van der Waals surface area contributed by atoms with E-state index in [-0.39, 0.29) is 22.6 Å². The Morgan fingerprint density at radius 3 is 2.91 bits per heavy atom. The van der Waals surface area contributed by atoms with Gasteiger partial charge in [-0.1, -0.05) is 36.4 Å². The molecule has 1 saturated heterocycles. The molecule has 0 bridgehead atoms. The van der Waals surface area contributed by atoms with Crippen LogP contribution in [0.3, 0.4) is 0 Å². The Morgan fingerprint density at radius 2 is 2.17 bits per heavy atom. The Labute approximate surface area is 147 Å². The highest BCUT2D eigenvalue weighted by molar-refractivity contribution is 8.10. The molecular weight excluding hydrogens is 330 g/mol. The number of piperidine rings is 1. The predicted molar refractivity (Wildman–Crippen MR) is 96.4 cm³/mol. The van der Waals surface area contributed by atoms with Crippen molar-refractivity contribution in [2.75, 3.05) is 19.7 Å². The van der Waals surface area contributed by atoms with Gasteiger partial charge in [0, 0.05) is 24.6 Å². The summed E-state index contributed by atoms with van der Waals surface area (Å²) in [5.74, 6) is -0.120. The number of nitrogens with zero attached hydrogens (tertiary/aromatic N) is 1. The topological polar surface area (TPSA) is 29.5 Å². The molecule has 2 aliphatic heterocycles. The fourth-order valence-corrected chi connectivity index (χ4v) is 4.69. The number of hydrogen-bond donors (Lipinski definition) is 0. The molecule has 0 aromatic heterocycles. The van der Waals surface area contributed by atoms with E-state index < -0.39 is 0 Å². The number of ether oxygens (including phenoxy) is 1. The molecule has 0 radical (unpaired) electrons. The monoisotopic (exact) mass is 351 g/mol. The van der Waals surface area contributed by atoms with Crippen molar-refractivity contribution in [3.05, 3.63) is 42.0 Å². The van der Waals surface area contributed by atoms with Crippen molar-refractivity contribution in [2.45, 2.75) is 30.6 Å². The second-order valence-electron chi connectivity index (χ2n) is 5.90. The minimum absolute atomic E-state index is 0.132. The van der Waals surface area contributed by atoms with Crippen LogP contribution in [0.5, 0.6) is 0 Å². The number of carbonyl (C=O) groups is 1. The number of hydrogen-bond acceptors (Lipinski definition) is 3. The summed E-state index contributed by atoms with van der Waals surface area (Å²) >= 11 is 8.04. The van der Waals surface area contributed by atoms with E-state index in [0.717, 1.165) is 29.9 Å². The van der Waals surface area contributed by atoms with Crippen molar-refractivity contribution < 1.29 is 9.53 Å². The number of halogens is 1. The van der Waals surface area contributed by atoms with Gasteiger partial charge in [0.1, 0.15) is 0 Å². The summed E-state index contributed by atoms with van der Waals surface area (Å²) in [4.78, 5) is 15.9. The van der Waals surface area contributed by atoms with Gasteiger partial charge >= 0.3 is 0 Å². The highest BCUT2D eigenvalue weighted by Crippen LogP contribution is 2.45. The maximum Gasteiger partial charge on any atom is 0.232 e. The first-order valence-corrected chi connectivity index (χ1v) is 9.49. The molecule has 1 fully saturated rings. The maximum absolute atomic E-state index is 12.9. The van der Waals surface area contributed by atoms with Crippen molar-refractivity contribution in [1.82, 2.24) is 4.90 Å². The minimum Gasteiger partial charge on any atom is -0.377 e. The Balaban J connectivity index is 1.70. The molecule has 3 rings (SSSR count). The van der Waals surface area contributed by atoms with Crippen LogP contribution < -0.4 is 0 Å². The summed E-state index contributed by atoms with van der Waals surface area (Å²) in [6.45, 7) is 4.19. The molecule has 3 nitrogen and oxygen atoms in total. The molecule has 1 aromatic carbocycles. The largest absolute Gasteiger partial charge is 0.377 e. The van der Waals surface area contributed by atoms with Gasteiger partial charge in [0.25, 0.3) is 0 Å². The molecule has 0 saturated carbocycles. The van der Waals surface area contributed by atoms with Gasteiger partial charge < -0.3 is 9.64 Å². The molecule has 1 amide bonds. The van der Waals surface area contributed by atoms with Crippen LogP contribution >= 0.6 is 23.4 Å². The van der Waals surface area contributed by atoms with Crippen LogP contribution in [0.2, 0.25) is 0 Å². The van der Waals surface area contributed by atoms with Crippen molar-refractivity contribution >= 4 is 34.2 Å². The number of benzene rings is 1. The molecule has 1 aromatic rings. The van der Waals surface area contributed by atoms with E-state index in [1.165, 1.54) is 0 Å². The van der Waals surface area contributed by atoms with E-state index in [4.69, 9.17) is 16.3 Å². The first-order chi connectivity index (χ1) is 11.2. The molecule has 3 unspecified atom stereocenters. The Morgan fingerprint density at radius 1 is 1.39 bits per heavy atom. The first-order valence-electron chi connectivity index (χ1n) is 8.17. The second kappa shape index (κ2) is 7.73. The van der Waals surface area contributed by atoms with Gasteiger partial charge in [-0.15, -0.1) is 23.4 Å².